The quantitative estimate of drug-likeness (QED) is 0.899. The lowest BCUT2D eigenvalue weighted by atomic mass is 10.2. The molecule has 0 aliphatic carbocycles. The van der Waals surface area contributed by atoms with Crippen molar-refractivity contribution in [2.45, 2.75) is 25.8 Å². The molecule has 6 heteroatoms. The van der Waals surface area contributed by atoms with Crippen molar-refractivity contribution >= 4 is 33.3 Å². The number of aryl methyl sites for hydroxylation is 1. The summed E-state index contributed by atoms with van der Waals surface area (Å²) in [5.41, 5.74) is 5.78. The van der Waals surface area contributed by atoms with Gasteiger partial charge in [-0.15, -0.1) is 11.3 Å². The van der Waals surface area contributed by atoms with Crippen molar-refractivity contribution in [3.63, 3.8) is 0 Å². The number of likely N-dealkylation sites (N-methyl/N-ethyl adjacent to an activating group) is 1. The summed E-state index contributed by atoms with van der Waals surface area (Å²) in [6, 6.07) is 2.71. The second-order valence-electron chi connectivity index (χ2n) is 5.16. The van der Waals surface area contributed by atoms with Gasteiger partial charge in [0, 0.05) is 17.5 Å². The minimum Gasteiger partial charge on any atom is -0.368 e. The van der Waals surface area contributed by atoms with Gasteiger partial charge >= 0.3 is 0 Å². The fraction of sp³-hybridized carbons (Fsp3) is 0.538. The zero-order chi connectivity index (χ0) is 13.4. The fourth-order valence-electron chi connectivity index (χ4n) is 2.64. The second kappa shape index (κ2) is 4.94. The third-order valence-electron chi connectivity index (χ3n) is 3.71. The van der Waals surface area contributed by atoms with E-state index in [-0.39, 0.29) is 0 Å². The summed E-state index contributed by atoms with van der Waals surface area (Å²) in [6.45, 7) is 4.18. The maximum absolute atomic E-state index is 5.78. The number of nitrogen functional groups attached to an aromatic ring is 1. The van der Waals surface area contributed by atoms with Crippen LogP contribution >= 0.6 is 11.3 Å². The molecule has 3 N–H and O–H groups in total. The molecular weight excluding hydrogens is 258 g/mol. The molecule has 1 unspecified atom stereocenters. The van der Waals surface area contributed by atoms with Crippen molar-refractivity contribution in [3.8, 4) is 0 Å². The molecule has 102 valence electrons. The highest BCUT2D eigenvalue weighted by atomic mass is 32.1. The van der Waals surface area contributed by atoms with E-state index in [4.69, 9.17) is 5.73 Å². The molecule has 19 heavy (non-hydrogen) atoms. The molecule has 5 nitrogen and oxygen atoms in total. The van der Waals surface area contributed by atoms with Crippen LogP contribution in [0.5, 0.6) is 0 Å². The number of likely N-dealkylation sites (tertiary alicyclic amines) is 1. The molecule has 3 rings (SSSR count). The molecule has 3 heterocycles. The van der Waals surface area contributed by atoms with Gasteiger partial charge in [-0.1, -0.05) is 0 Å². The van der Waals surface area contributed by atoms with Gasteiger partial charge in [-0.3, -0.25) is 0 Å². The van der Waals surface area contributed by atoms with Crippen LogP contribution < -0.4 is 11.1 Å². The number of anilines is 2. The lowest BCUT2D eigenvalue weighted by molar-refractivity contribution is 0.322. The van der Waals surface area contributed by atoms with Crippen LogP contribution in [-0.4, -0.2) is 41.0 Å². The average Bonchev–Trinajstić information content (AvgIpc) is 2.91. The molecule has 0 aromatic carbocycles. The van der Waals surface area contributed by atoms with Crippen LogP contribution in [0.3, 0.4) is 0 Å². The van der Waals surface area contributed by atoms with Crippen molar-refractivity contribution in [1.82, 2.24) is 14.9 Å². The van der Waals surface area contributed by atoms with E-state index in [1.807, 2.05) is 0 Å². The van der Waals surface area contributed by atoms with Crippen LogP contribution in [0.4, 0.5) is 11.8 Å². The zero-order valence-corrected chi connectivity index (χ0v) is 12.1. The van der Waals surface area contributed by atoms with Crippen LogP contribution in [0.25, 0.3) is 10.2 Å². The summed E-state index contributed by atoms with van der Waals surface area (Å²) >= 11 is 1.66. The Balaban J connectivity index is 1.83. The summed E-state index contributed by atoms with van der Waals surface area (Å²) in [7, 11) is 2.18. The highest BCUT2D eigenvalue weighted by molar-refractivity contribution is 7.18. The Morgan fingerprint density at radius 1 is 1.53 bits per heavy atom. The Kier molecular flexibility index (Phi) is 3.28. The van der Waals surface area contributed by atoms with Gasteiger partial charge in [-0.05, 0) is 39.4 Å². The SMILES string of the molecule is Cc1cc2c(NCC3CCCN3C)nc(N)nc2s1. The summed E-state index contributed by atoms with van der Waals surface area (Å²) in [4.78, 5) is 13.2. The molecule has 1 aliphatic heterocycles. The molecule has 0 saturated carbocycles. The Morgan fingerprint density at radius 3 is 3.11 bits per heavy atom. The van der Waals surface area contributed by atoms with Gasteiger partial charge in [0.25, 0.3) is 0 Å². The van der Waals surface area contributed by atoms with Crippen LogP contribution in [0.2, 0.25) is 0 Å². The zero-order valence-electron chi connectivity index (χ0n) is 11.3. The Labute approximate surface area is 116 Å². The number of aromatic nitrogens is 2. The van der Waals surface area contributed by atoms with E-state index in [0.29, 0.717) is 12.0 Å². The number of rotatable bonds is 3. The maximum atomic E-state index is 5.78. The van der Waals surface area contributed by atoms with E-state index in [1.54, 1.807) is 11.3 Å². The minimum absolute atomic E-state index is 0.344. The second-order valence-corrected chi connectivity index (χ2v) is 6.40. The van der Waals surface area contributed by atoms with Crippen molar-refractivity contribution in [2.75, 3.05) is 31.2 Å². The van der Waals surface area contributed by atoms with Crippen LogP contribution in [0.1, 0.15) is 17.7 Å². The lowest BCUT2D eigenvalue weighted by Gasteiger charge is -2.20. The molecule has 2 aromatic heterocycles. The van der Waals surface area contributed by atoms with Gasteiger partial charge in [0.2, 0.25) is 5.95 Å². The van der Waals surface area contributed by atoms with Crippen molar-refractivity contribution in [2.24, 2.45) is 0 Å². The van der Waals surface area contributed by atoms with Gasteiger partial charge in [-0.2, -0.15) is 4.98 Å². The minimum atomic E-state index is 0.344. The Bertz CT molecular complexity index is 594. The van der Waals surface area contributed by atoms with Crippen LogP contribution in [-0.2, 0) is 0 Å². The monoisotopic (exact) mass is 277 g/mol. The molecule has 0 spiro atoms. The van der Waals surface area contributed by atoms with E-state index in [2.05, 4.69) is 40.2 Å². The molecule has 1 aliphatic rings. The van der Waals surface area contributed by atoms with Gasteiger partial charge in [-0.25, -0.2) is 4.98 Å². The van der Waals surface area contributed by atoms with Crippen LogP contribution in [0.15, 0.2) is 6.07 Å². The Morgan fingerprint density at radius 2 is 2.37 bits per heavy atom. The first-order valence-corrected chi connectivity index (χ1v) is 7.43. The smallest absolute Gasteiger partial charge is 0.223 e. The number of fused-ring (bicyclic) bond motifs is 1. The van der Waals surface area contributed by atoms with E-state index < -0.39 is 0 Å². The van der Waals surface area contributed by atoms with E-state index in [0.717, 1.165) is 22.6 Å². The fourth-order valence-corrected chi connectivity index (χ4v) is 3.53. The third-order valence-corrected chi connectivity index (χ3v) is 4.65. The van der Waals surface area contributed by atoms with Crippen molar-refractivity contribution < 1.29 is 0 Å². The van der Waals surface area contributed by atoms with Crippen LogP contribution in [0, 0.1) is 6.92 Å². The number of thiophene rings is 1. The Hall–Kier alpha value is -1.40. The summed E-state index contributed by atoms with van der Waals surface area (Å²) in [5, 5.41) is 4.53. The normalized spacial score (nSPS) is 20.2. The topological polar surface area (TPSA) is 67.1 Å². The number of nitrogens with one attached hydrogen (secondary N) is 1. The molecule has 1 saturated heterocycles. The number of hydrogen-bond acceptors (Lipinski definition) is 6. The number of nitrogens with zero attached hydrogens (tertiary/aromatic N) is 3. The van der Waals surface area contributed by atoms with Crippen molar-refractivity contribution in [1.29, 1.82) is 0 Å². The molecular formula is C13H19N5S. The highest BCUT2D eigenvalue weighted by Gasteiger charge is 2.21. The average molecular weight is 277 g/mol. The number of nitrogens with two attached hydrogens (primary N) is 1. The molecule has 0 bridgehead atoms. The van der Waals surface area contributed by atoms with Gasteiger partial charge in [0.1, 0.15) is 10.6 Å². The first-order chi connectivity index (χ1) is 9.13. The summed E-state index contributed by atoms with van der Waals surface area (Å²) in [6.07, 6.45) is 2.53. The maximum Gasteiger partial charge on any atom is 0.223 e. The molecule has 0 radical (unpaired) electrons. The lowest BCUT2D eigenvalue weighted by Crippen LogP contribution is -2.31. The predicted octanol–water partition coefficient (Wildman–Crippen LogP) is 2.09. The van der Waals surface area contributed by atoms with E-state index >= 15 is 0 Å². The van der Waals surface area contributed by atoms with Gasteiger partial charge < -0.3 is 16.0 Å². The summed E-state index contributed by atoms with van der Waals surface area (Å²) in [5.74, 6) is 1.21. The number of hydrogen-bond donors (Lipinski definition) is 2. The molecule has 2 aromatic rings. The van der Waals surface area contributed by atoms with Crippen molar-refractivity contribution in [3.05, 3.63) is 10.9 Å². The molecule has 1 atom stereocenters. The first-order valence-electron chi connectivity index (χ1n) is 6.61. The molecule has 1 fully saturated rings. The summed E-state index contributed by atoms with van der Waals surface area (Å²) < 4.78 is 0. The standard InChI is InChI=1S/C13H19N5S/c1-8-6-10-11(16-13(14)17-12(10)19-8)15-7-9-4-3-5-18(9)2/h6,9H,3-5,7H2,1-2H3,(H3,14,15,16,17). The third kappa shape index (κ3) is 2.50. The van der Waals surface area contributed by atoms with E-state index in [9.17, 15) is 0 Å². The largest absolute Gasteiger partial charge is 0.368 e. The van der Waals surface area contributed by atoms with Gasteiger partial charge in [0.05, 0.1) is 5.39 Å². The van der Waals surface area contributed by atoms with E-state index in [1.165, 1.54) is 24.3 Å². The van der Waals surface area contributed by atoms with Gasteiger partial charge in [0.15, 0.2) is 0 Å². The molecule has 0 amide bonds. The first kappa shape index (κ1) is 12.6. The highest BCUT2D eigenvalue weighted by Crippen LogP contribution is 2.29. The predicted molar refractivity (Wildman–Crippen MR) is 80.7 cm³/mol.